The third-order valence-electron chi connectivity index (χ3n) is 3.61. The van der Waals surface area contributed by atoms with Gasteiger partial charge < -0.3 is 13.9 Å². The van der Waals surface area contributed by atoms with Crippen LogP contribution >= 0.6 is 0 Å². The van der Waals surface area contributed by atoms with Crippen LogP contribution < -0.4 is 15.1 Å². The van der Waals surface area contributed by atoms with E-state index >= 15 is 0 Å². The highest BCUT2D eigenvalue weighted by atomic mass is 16.6. The van der Waals surface area contributed by atoms with Crippen molar-refractivity contribution in [2.75, 3.05) is 14.2 Å². The Labute approximate surface area is 141 Å². The van der Waals surface area contributed by atoms with Gasteiger partial charge in [-0.1, -0.05) is 20.8 Å². The number of rotatable bonds is 4. The maximum atomic E-state index is 12.2. The van der Waals surface area contributed by atoms with Gasteiger partial charge in [-0.3, -0.25) is 20.2 Å². The molecule has 0 bridgehead atoms. The Morgan fingerprint density at radius 2 is 1.68 bits per heavy atom. The van der Waals surface area contributed by atoms with E-state index in [9.17, 15) is 25.0 Å². The van der Waals surface area contributed by atoms with Crippen molar-refractivity contribution in [1.82, 2.24) is 0 Å². The summed E-state index contributed by atoms with van der Waals surface area (Å²) in [7, 11) is 2.53. The third-order valence-corrected chi connectivity index (χ3v) is 3.61. The predicted octanol–water partition coefficient (Wildman–Crippen LogP) is 2.92. The number of hydrogen-bond acceptors (Lipinski definition) is 8. The predicted molar refractivity (Wildman–Crippen MR) is 87.6 cm³/mol. The number of hydrogen-bond donors (Lipinski definition) is 0. The van der Waals surface area contributed by atoms with Crippen molar-refractivity contribution in [3.05, 3.63) is 42.3 Å². The number of nitrogens with zero attached hydrogens (tertiary/aromatic N) is 2. The van der Waals surface area contributed by atoms with Gasteiger partial charge in [-0.05, 0) is 5.41 Å². The molecule has 0 fully saturated rings. The fourth-order valence-corrected chi connectivity index (χ4v) is 2.69. The van der Waals surface area contributed by atoms with Gasteiger partial charge in [0.25, 0.3) is 5.69 Å². The van der Waals surface area contributed by atoms with E-state index < -0.39 is 32.3 Å². The van der Waals surface area contributed by atoms with Gasteiger partial charge in [0.05, 0.1) is 35.7 Å². The van der Waals surface area contributed by atoms with Crippen molar-refractivity contribution < 1.29 is 23.7 Å². The van der Waals surface area contributed by atoms with Crippen LogP contribution in [0.15, 0.2) is 15.3 Å². The van der Waals surface area contributed by atoms with Crippen molar-refractivity contribution in [2.24, 2.45) is 0 Å². The van der Waals surface area contributed by atoms with Gasteiger partial charge in [0.1, 0.15) is 5.39 Å². The monoisotopic (exact) mass is 352 g/mol. The molecule has 2 aromatic rings. The molecule has 0 amide bonds. The Morgan fingerprint density at radius 1 is 1.08 bits per heavy atom. The normalized spacial score (nSPS) is 11.4. The average Bonchev–Trinajstić information content (AvgIpc) is 2.50. The molecule has 10 heteroatoms. The molecule has 10 nitrogen and oxygen atoms in total. The maximum absolute atomic E-state index is 12.2. The van der Waals surface area contributed by atoms with E-state index in [1.807, 2.05) is 0 Å². The second-order valence-corrected chi connectivity index (χ2v) is 6.21. The topological polar surface area (TPSA) is 135 Å². The summed E-state index contributed by atoms with van der Waals surface area (Å²) in [4.78, 5) is 33.6. The second kappa shape index (κ2) is 6.04. The minimum atomic E-state index is -1.22. The Kier molecular flexibility index (Phi) is 4.39. The summed E-state index contributed by atoms with van der Waals surface area (Å²) in [6.07, 6.45) is 0. The van der Waals surface area contributed by atoms with E-state index in [2.05, 4.69) is 0 Å². The first-order chi connectivity index (χ1) is 11.5. The molecule has 0 saturated heterocycles. The average molecular weight is 352 g/mol. The van der Waals surface area contributed by atoms with Gasteiger partial charge in [-0.15, -0.1) is 0 Å². The molecule has 0 atom stereocenters. The molecule has 0 radical (unpaired) electrons. The summed E-state index contributed by atoms with van der Waals surface area (Å²) in [5.74, 6) is -0.0841. The van der Waals surface area contributed by atoms with Crippen LogP contribution in [0, 0.1) is 20.2 Å². The standard InChI is InChI=1S/C15H16N2O8/c1-15(2,3)10-9-7(16(19)20)6-8(23-4)12(24-5)13(9)25-14(18)11(10)17(21)22/h6H,1-5H3. The lowest BCUT2D eigenvalue weighted by Gasteiger charge is -2.21. The van der Waals surface area contributed by atoms with Gasteiger partial charge >= 0.3 is 11.3 Å². The number of ether oxygens (including phenoxy) is 2. The zero-order valence-corrected chi connectivity index (χ0v) is 14.2. The first-order valence-electron chi connectivity index (χ1n) is 7.09. The van der Waals surface area contributed by atoms with Crippen LogP contribution in [0.3, 0.4) is 0 Å². The van der Waals surface area contributed by atoms with Gasteiger partial charge in [-0.25, -0.2) is 4.79 Å². The molecule has 0 unspecified atom stereocenters. The highest BCUT2D eigenvalue weighted by molar-refractivity contribution is 5.98. The summed E-state index contributed by atoms with van der Waals surface area (Å²) in [6.45, 7) is 4.82. The molecule has 0 aliphatic heterocycles. The Bertz CT molecular complexity index is 939. The number of fused-ring (bicyclic) bond motifs is 1. The maximum Gasteiger partial charge on any atom is 0.415 e. The van der Waals surface area contributed by atoms with Crippen LogP contribution in [-0.4, -0.2) is 24.1 Å². The van der Waals surface area contributed by atoms with Crippen molar-refractivity contribution in [2.45, 2.75) is 26.2 Å². The van der Waals surface area contributed by atoms with Crippen LogP contribution in [0.4, 0.5) is 11.4 Å². The summed E-state index contributed by atoms with van der Waals surface area (Å²) in [5.41, 5.74) is -3.87. The largest absolute Gasteiger partial charge is 0.492 e. The van der Waals surface area contributed by atoms with Crippen LogP contribution in [0.2, 0.25) is 0 Å². The minimum Gasteiger partial charge on any atom is -0.492 e. The number of nitro benzene ring substituents is 1. The molecule has 0 saturated carbocycles. The molecule has 2 rings (SSSR count). The van der Waals surface area contributed by atoms with E-state index in [4.69, 9.17) is 13.9 Å². The molecule has 0 N–H and O–H groups in total. The first-order valence-corrected chi connectivity index (χ1v) is 7.09. The number of benzene rings is 1. The summed E-state index contributed by atoms with van der Waals surface area (Å²) in [6, 6.07) is 1.08. The van der Waals surface area contributed by atoms with E-state index in [-0.39, 0.29) is 28.0 Å². The molecule has 1 heterocycles. The van der Waals surface area contributed by atoms with Crippen LogP contribution in [-0.2, 0) is 5.41 Å². The van der Waals surface area contributed by atoms with Gasteiger partial charge in [0.2, 0.25) is 5.75 Å². The Balaban J connectivity index is 3.29. The first kappa shape index (κ1) is 18.2. The van der Waals surface area contributed by atoms with Crippen LogP contribution in [0.1, 0.15) is 26.3 Å². The Morgan fingerprint density at radius 3 is 2.08 bits per heavy atom. The minimum absolute atomic E-state index is 0.0291. The second-order valence-electron chi connectivity index (χ2n) is 6.21. The highest BCUT2D eigenvalue weighted by Gasteiger charge is 2.38. The highest BCUT2D eigenvalue weighted by Crippen LogP contribution is 2.46. The molecule has 0 spiro atoms. The van der Waals surface area contributed by atoms with Crippen molar-refractivity contribution in [1.29, 1.82) is 0 Å². The lowest BCUT2D eigenvalue weighted by molar-refractivity contribution is -0.389. The van der Waals surface area contributed by atoms with Gasteiger partial charge in [0, 0.05) is 0 Å². The van der Waals surface area contributed by atoms with Crippen molar-refractivity contribution in [3.8, 4) is 11.5 Å². The summed E-state index contributed by atoms with van der Waals surface area (Å²) < 4.78 is 15.2. The fourth-order valence-electron chi connectivity index (χ4n) is 2.69. The van der Waals surface area contributed by atoms with Crippen molar-refractivity contribution >= 4 is 22.3 Å². The smallest absolute Gasteiger partial charge is 0.415 e. The molecular formula is C15H16N2O8. The zero-order chi connectivity index (χ0) is 19.1. The zero-order valence-electron chi connectivity index (χ0n) is 14.2. The quantitative estimate of drug-likeness (QED) is 0.465. The van der Waals surface area contributed by atoms with E-state index in [1.165, 1.54) is 14.2 Å². The third kappa shape index (κ3) is 2.86. The van der Waals surface area contributed by atoms with Crippen LogP contribution in [0.25, 0.3) is 11.0 Å². The molecule has 1 aromatic heterocycles. The molecule has 134 valence electrons. The number of nitro groups is 2. The van der Waals surface area contributed by atoms with Crippen molar-refractivity contribution in [3.63, 3.8) is 0 Å². The fraction of sp³-hybridized carbons (Fsp3) is 0.400. The van der Waals surface area contributed by atoms with Gasteiger partial charge in [0.15, 0.2) is 11.3 Å². The van der Waals surface area contributed by atoms with E-state index in [0.29, 0.717) is 0 Å². The molecule has 0 aliphatic rings. The lowest BCUT2D eigenvalue weighted by Crippen LogP contribution is -2.21. The summed E-state index contributed by atoms with van der Waals surface area (Å²) >= 11 is 0. The molecular weight excluding hydrogens is 336 g/mol. The van der Waals surface area contributed by atoms with E-state index in [0.717, 1.165) is 6.07 Å². The molecule has 1 aromatic carbocycles. The summed E-state index contributed by atoms with van der Waals surface area (Å²) in [5, 5.41) is 22.8. The Hall–Kier alpha value is -3.17. The van der Waals surface area contributed by atoms with Crippen LogP contribution in [0.5, 0.6) is 11.5 Å². The molecule has 0 aliphatic carbocycles. The number of methoxy groups -OCH3 is 2. The lowest BCUT2D eigenvalue weighted by atomic mass is 9.83. The molecule has 25 heavy (non-hydrogen) atoms. The van der Waals surface area contributed by atoms with E-state index in [1.54, 1.807) is 20.8 Å². The SMILES string of the molecule is COc1cc([N+](=O)[O-])c2c(C(C)(C)C)c([N+](=O)[O-])c(=O)oc2c1OC. The van der Waals surface area contributed by atoms with Gasteiger partial charge in [-0.2, -0.15) is 0 Å². The number of non-ortho nitro benzene ring substituents is 1.